The molecule has 218 valence electrons. The van der Waals surface area contributed by atoms with Gasteiger partial charge in [0.15, 0.2) is 0 Å². The molecule has 0 radical (unpaired) electrons. The first-order valence-electron chi connectivity index (χ1n) is 13.5. The number of nitrogens with one attached hydrogen (secondary N) is 1. The SMILES string of the molecule is COc1ccc(CN(Cc2ccc(OC)cc2)c2nc(Nc3cc(Cl)cc(C#N)c3)nn2Cc2ccc(OC)cc2)cc1. The monoisotopic (exact) mass is 594 g/mol. The average molecular weight is 595 g/mol. The van der Waals surface area contributed by atoms with Crippen molar-refractivity contribution >= 4 is 29.2 Å². The lowest BCUT2D eigenvalue weighted by atomic mass is 10.1. The number of anilines is 3. The van der Waals surface area contributed by atoms with Crippen molar-refractivity contribution in [2.45, 2.75) is 19.6 Å². The number of ether oxygens (including phenoxy) is 3. The van der Waals surface area contributed by atoms with Gasteiger partial charge in [-0.2, -0.15) is 10.2 Å². The molecule has 0 amide bonds. The molecule has 5 aromatic rings. The zero-order valence-corrected chi connectivity index (χ0v) is 24.9. The maximum atomic E-state index is 9.42. The number of nitriles is 1. The smallest absolute Gasteiger partial charge is 0.248 e. The molecular formula is C33H31ClN6O3. The van der Waals surface area contributed by atoms with Gasteiger partial charge in [-0.15, -0.1) is 5.10 Å². The zero-order chi connectivity index (χ0) is 30.2. The highest BCUT2D eigenvalue weighted by atomic mass is 35.5. The summed E-state index contributed by atoms with van der Waals surface area (Å²) in [5.74, 6) is 3.40. The van der Waals surface area contributed by atoms with E-state index in [0.29, 0.717) is 47.8 Å². The molecule has 0 unspecified atom stereocenters. The highest BCUT2D eigenvalue weighted by molar-refractivity contribution is 6.31. The van der Waals surface area contributed by atoms with E-state index in [1.54, 1.807) is 39.5 Å². The molecule has 5 rings (SSSR count). The summed E-state index contributed by atoms with van der Waals surface area (Å²) in [6.45, 7) is 1.59. The summed E-state index contributed by atoms with van der Waals surface area (Å²) in [7, 11) is 4.95. The third-order valence-corrected chi connectivity index (χ3v) is 6.99. The first-order chi connectivity index (χ1) is 21.0. The number of rotatable bonds is 12. The van der Waals surface area contributed by atoms with Crippen LogP contribution in [0.5, 0.6) is 17.2 Å². The van der Waals surface area contributed by atoms with Crippen LogP contribution < -0.4 is 24.4 Å². The molecular weight excluding hydrogens is 564 g/mol. The molecule has 0 fully saturated rings. The Hall–Kier alpha value is -5.20. The van der Waals surface area contributed by atoms with Crippen molar-refractivity contribution in [3.8, 4) is 23.3 Å². The molecule has 4 aromatic carbocycles. The molecule has 1 aromatic heterocycles. The van der Waals surface area contributed by atoms with E-state index in [2.05, 4.69) is 16.3 Å². The minimum atomic E-state index is 0.379. The van der Waals surface area contributed by atoms with Crippen molar-refractivity contribution in [3.63, 3.8) is 0 Å². The molecule has 1 heterocycles. The van der Waals surface area contributed by atoms with Gasteiger partial charge in [-0.3, -0.25) is 0 Å². The van der Waals surface area contributed by atoms with E-state index in [1.807, 2.05) is 77.5 Å². The summed E-state index contributed by atoms with van der Waals surface area (Å²) >= 11 is 6.26. The van der Waals surface area contributed by atoms with Gasteiger partial charge in [0, 0.05) is 23.8 Å². The molecule has 0 spiro atoms. The third-order valence-electron chi connectivity index (χ3n) is 6.77. The molecule has 43 heavy (non-hydrogen) atoms. The van der Waals surface area contributed by atoms with E-state index in [-0.39, 0.29) is 0 Å². The minimum absolute atomic E-state index is 0.379. The quantitative estimate of drug-likeness (QED) is 0.168. The van der Waals surface area contributed by atoms with Crippen LogP contribution >= 0.6 is 11.6 Å². The minimum Gasteiger partial charge on any atom is -0.497 e. The van der Waals surface area contributed by atoms with Crippen LogP contribution in [0.4, 0.5) is 17.6 Å². The van der Waals surface area contributed by atoms with Crippen LogP contribution in [0.15, 0.2) is 91.0 Å². The number of halogens is 1. The molecule has 0 saturated carbocycles. The van der Waals surface area contributed by atoms with Crippen molar-refractivity contribution in [3.05, 3.63) is 118 Å². The predicted octanol–water partition coefficient (Wildman–Crippen LogP) is 6.83. The third kappa shape index (κ3) is 7.56. The second kappa shape index (κ2) is 13.6. The van der Waals surface area contributed by atoms with Gasteiger partial charge >= 0.3 is 0 Å². The number of benzene rings is 4. The Morgan fingerprint density at radius 3 is 1.77 bits per heavy atom. The van der Waals surface area contributed by atoms with Crippen LogP contribution in [0.1, 0.15) is 22.3 Å². The molecule has 0 saturated heterocycles. The first kappa shape index (κ1) is 29.3. The lowest BCUT2D eigenvalue weighted by Gasteiger charge is -2.24. The van der Waals surface area contributed by atoms with Gasteiger partial charge in [0.25, 0.3) is 0 Å². The van der Waals surface area contributed by atoms with Crippen LogP contribution in [-0.4, -0.2) is 36.1 Å². The Kier molecular flexibility index (Phi) is 9.29. The van der Waals surface area contributed by atoms with Gasteiger partial charge in [-0.25, -0.2) is 4.68 Å². The van der Waals surface area contributed by atoms with Crippen LogP contribution in [0.25, 0.3) is 0 Å². The van der Waals surface area contributed by atoms with Gasteiger partial charge < -0.3 is 24.4 Å². The van der Waals surface area contributed by atoms with E-state index in [4.69, 9.17) is 35.9 Å². The summed E-state index contributed by atoms with van der Waals surface area (Å²) in [6, 6.07) is 31.0. The number of aromatic nitrogens is 3. The molecule has 9 nitrogen and oxygen atoms in total. The summed E-state index contributed by atoms with van der Waals surface area (Å²) in [6.07, 6.45) is 0. The van der Waals surface area contributed by atoms with Crippen molar-refractivity contribution in [1.29, 1.82) is 5.26 Å². The molecule has 0 aliphatic rings. The van der Waals surface area contributed by atoms with Crippen molar-refractivity contribution in [2.75, 3.05) is 31.5 Å². The van der Waals surface area contributed by atoms with Crippen LogP contribution in [0.2, 0.25) is 5.02 Å². The Morgan fingerprint density at radius 2 is 1.28 bits per heavy atom. The fraction of sp³-hybridized carbons (Fsp3) is 0.182. The van der Waals surface area contributed by atoms with Gasteiger partial charge in [0.1, 0.15) is 17.2 Å². The van der Waals surface area contributed by atoms with E-state index in [0.717, 1.165) is 33.9 Å². The van der Waals surface area contributed by atoms with Gasteiger partial charge in [-0.1, -0.05) is 48.0 Å². The standard InChI is InChI=1S/C33H31ClN6O3/c1-41-29-10-4-23(5-11-29)20-39(21-24-6-12-30(42-2)13-7-24)33-37-32(36-28-17-26(19-35)16-27(34)18-28)38-40(33)22-25-8-14-31(43-3)15-9-25/h4-18H,20-22H2,1-3H3,(H,36,38). The Morgan fingerprint density at radius 1 is 0.767 bits per heavy atom. The molecule has 0 aliphatic heterocycles. The molecule has 0 aliphatic carbocycles. The number of nitrogens with zero attached hydrogens (tertiary/aromatic N) is 5. The topological polar surface area (TPSA) is 97.5 Å². The van der Waals surface area contributed by atoms with E-state index < -0.39 is 0 Å². The van der Waals surface area contributed by atoms with Crippen molar-refractivity contribution in [2.24, 2.45) is 0 Å². The van der Waals surface area contributed by atoms with Crippen LogP contribution in [-0.2, 0) is 19.6 Å². The van der Waals surface area contributed by atoms with Crippen molar-refractivity contribution < 1.29 is 14.2 Å². The van der Waals surface area contributed by atoms with E-state index in [9.17, 15) is 5.26 Å². The Bertz CT molecular complexity index is 1650. The highest BCUT2D eigenvalue weighted by Gasteiger charge is 2.20. The lowest BCUT2D eigenvalue weighted by Crippen LogP contribution is -2.26. The Balaban J connectivity index is 1.55. The molecule has 10 heteroatoms. The zero-order valence-electron chi connectivity index (χ0n) is 24.1. The Labute approximate surface area is 255 Å². The highest BCUT2D eigenvalue weighted by Crippen LogP contribution is 2.27. The molecule has 0 bridgehead atoms. The molecule has 0 atom stereocenters. The van der Waals surface area contributed by atoms with Crippen LogP contribution in [0.3, 0.4) is 0 Å². The first-order valence-corrected chi connectivity index (χ1v) is 13.9. The number of hydrogen-bond acceptors (Lipinski definition) is 8. The summed E-state index contributed by atoms with van der Waals surface area (Å²) < 4.78 is 17.9. The maximum Gasteiger partial charge on any atom is 0.248 e. The predicted molar refractivity (Wildman–Crippen MR) is 167 cm³/mol. The maximum absolute atomic E-state index is 9.42. The second-order valence-corrected chi connectivity index (χ2v) is 10.2. The fourth-order valence-electron chi connectivity index (χ4n) is 4.59. The summed E-state index contributed by atoms with van der Waals surface area (Å²) in [5, 5.41) is 17.9. The molecule has 1 N–H and O–H groups in total. The number of methoxy groups -OCH3 is 3. The second-order valence-electron chi connectivity index (χ2n) is 9.76. The summed E-state index contributed by atoms with van der Waals surface area (Å²) in [5.41, 5.74) is 4.25. The van der Waals surface area contributed by atoms with Gasteiger partial charge in [-0.05, 0) is 71.3 Å². The van der Waals surface area contributed by atoms with E-state index >= 15 is 0 Å². The normalized spacial score (nSPS) is 10.6. The summed E-state index contributed by atoms with van der Waals surface area (Å²) in [4.78, 5) is 7.12. The van der Waals surface area contributed by atoms with Crippen LogP contribution in [0, 0.1) is 11.3 Å². The average Bonchev–Trinajstić information content (AvgIpc) is 3.43. The fourth-order valence-corrected chi connectivity index (χ4v) is 4.82. The number of hydrogen-bond donors (Lipinski definition) is 1. The van der Waals surface area contributed by atoms with Gasteiger partial charge in [0.2, 0.25) is 11.9 Å². The van der Waals surface area contributed by atoms with Crippen molar-refractivity contribution in [1.82, 2.24) is 14.8 Å². The lowest BCUT2D eigenvalue weighted by molar-refractivity contribution is 0.414. The van der Waals surface area contributed by atoms with E-state index in [1.165, 1.54) is 0 Å². The van der Waals surface area contributed by atoms with Gasteiger partial charge in [0.05, 0.1) is 39.5 Å². The largest absolute Gasteiger partial charge is 0.497 e.